The SMILES string of the molecule is NC(N)=NCCCC(NC(=O)C(CCC(=O)O)NC(=O)C(N)CC(=O)O)C(=O)O. The van der Waals surface area contributed by atoms with Crippen LogP contribution in [0.5, 0.6) is 0 Å². The Morgan fingerprint density at radius 1 is 0.862 bits per heavy atom. The summed E-state index contributed by atoms with van der Waals surface area (Å²) in [5.41, 5.74) is 15.7. The molecule has 0 radical (unpaired) electrons. The van der Waals surface area contributed by atoms with E-state index >= 15 is 0 Å². The van der Waals surface area contributed by atoms with Crippen LogP contribution >= 0.6 is 0 Å². The van der Waals surface area contributed by atoms with E-state index in [0.29, 0.717) is 0 Å². The van der Waals surface area contributed by atoms with E-state index in [4.69, 9.17) is 27.4 Å². The highest BCUT2D eigenvalue weighted by molar-refractivity contribution is 5.93. The van der Waals surface area contributed by atoms with Crippen LogP contribution in [0.1, 0.15) is 32.1 Å². The fourth-order valence-electron chi connectivity index (χ4n) is 2.13. The molecule has 0 aromatic rings. The maximum absolute atomic E-state index is 12.4. The summed E-state index contributed by atoms with van der Waals surface area (Å²) in [6.07, 6.45) is -1.37. The van der Waals surface area contributed by atoms with Gasteiger partial charge in [-0.25, -0.2) is 4.79 Å². The van der Waals surface area contributed by atoms with Gasteiger partial charge in [0, 0.05) is 13.0 Å². The minimum atomic E-state index is -1.47. The number of amides is 2. The summed E-state index contributed by atoms with van der Waals surface area (Å²) in [5, 5.41) is 31.0. The number of aliphatic imine (C=N–C) groups is 1. The standard InChI is InChI=1S/C15H26N6O8/c16-7(6-11(24)25)12(26)20-8(3-4-10(22)23)13(27)21-9(14(28)29)2-1-5-19-15(17)18/h7-9H,1-6,16H2,(H,20,26)(H,21,27)(H,22,23)(H,24,25)(H,28,29)(H4,17,18,19). The monoisotopic (exact) mass is 418 g/mol. The highest BCUT2D eigenvalue weighted by Crippen LogP contribution is 2.04. The van der Waals surface area contributed by atoms with Crippen molar-refractivity contribution in [3.05, 3.63) is 0 Å². The van der Waals surface area contributed by atoms with Crippen LogP contribution in [-0.2, 0) is 24.0 Å². The highest BCUT2D eigenvalue weighted by atomic mass is 16.4. The summed E-state index contributed by atoms with van der Waals surface area (Å²) in [6.45, 7) is 0.130. The number of carbonyl (C=O) groups excluding carboxylic acids is 2. The Labute approximate surface area is 165 Å². The van der Waals surface area contributed by atoms with Crippen LogP contribution in [0.2, 0.25) is 0 Å². The molecule has 0 spiro atoms. The molecule has 29 heavy (non-hydrogen) atoms. The van der Waals surface area contributed by atoms with E-state index in [9.17, 15) is 29.1 Å². The van der Waals surface area contributed by atoms with E-state index in [1.54, 1.807) is 0 Å². The average Bonchev–Trinajstić information content (AvgIpc) is 2.59. The molecule has 2 amide bonds. The third-order valence-electron chi connectivity index (χ3n) is 3.57. The lowest BCUT2D eigenvalue weighted by atomic mass is 10.1. The second-order valence-electron chi connectivity index (χ2n) is 6.05. The Bertz CT molecular complexity index is 649. The molecule has 3 unspecified atom stereocenters. The lowest BCUT2D eigenvalue weighted by Gasteiger charge is -2.22. The summed E-state index contributed by atoms with van der Waals surface area (Å²) in [6, 6.07) is -4.23. The van der Waals surface area contributed by atoms with Gasteiger partial charge in [0.05, 0.1) is 12.5 Å². The zero-order chi connectivity index (χ0) is 22.6. The number of carboxylic acids is 3. The van der Waals surface area contributed by atoms with E-state index in [1.165, 1.54) is 0 Å². The van der Waals surface area contributed by atoms with Crippen molar-refractivity contribution in [2.45, 2.75) is 50.2 Å². The number of nitrogens with zero attached hydrogens (tertiary/aromatic N) is 1. The number of nitrogens with two attached hydrogens (primary N) is 3. The average molecular weight is 418 g/mol. The number of rotatable bonds is 14. The van der Waals surface area contributed by atoms with Gasteiger partial charge < -0.3 is 43.2 Å². The maximum Gasteiger partial charge on any atom is 0.326 e. The molecule has 0 aliphatic rings. The lowest BCUT2D eigenvalue weighted by Crippen LogP contribution is -2.54. The molecule has 0 aliphatic heterocycles. The lowest BCUT2D eigenvalue weighted by molar-refractivity contribution is -0.143. The van der Waals surface area contributed by atoms with Crippen LogP contribution < -0.4 is 27.8 Å². The molecule has 0 heterocycles. The van der Waals surface area contributed by atoms with Crippen LogP contribution in [0.4, 0.5) is 0 Å². The molecule has 164 valence electrons. The molecule has 14 nitrogen and oxygen atoms in total. The number of aliphatic carboxylic acids is 3. The second-order valence-corrected chi connectivity index (χ2v) is 6.05. The van der Waals surface area contributed by atoms with E-state index < -0.39 is 60.7 Å². The Morgan fingerprint density at radius 3 is 1.93 bits per heavy atom. The van der Waals surface area contributed by atoms with Crippen LogP contribution in [0.3, 0.4) is 0 Å². The minimum absolute atomic E-state index is 0.0318. The topological polar surface area (TPSA) is 261 Å². The zero-order valence-corrected chi connectivity index (χ0v) is 15.5. The molecule has 0 saturated carbocycles. The number of carboxylic acid groups (broad SMARTS) is 3. The first-order valence-corrected chi connectivity index (χ1v) is 8.52. The third-order valence-corrected chi connectivity index (χ3v) is 3.57. The molecule has 14 heteroatoms. The number of guanidine groups is 1. The van der Waals surface area contributed by atoms with Gasteiger partial charge in [-0.3, -0.25) is 24.2 Å². The Kier molecular flexibility index (Phi) is 11.4. The van der Waals surface area contributed by atoms with Gasteiger partial charge in [-0.1, -0.05) is 0 Å². The normalized spacial score (nSPS) is 13.4. The van der Waals surface area contributed by atoms with Gasteiger partial charge >= 0.3 is 17.9 Å². The van der Waals surface area contributed by atoms with Gasteiger partial charge in [-0.05, 0) is 19.3 Å². The number of carbonyl (C=O) groups is 5. The molecule has 0 aliphatic carbocycles. The molecular weight excluding hydrogens is 392 g/mol. The van der Waals surface area contributed by atoms with Crippen LogP contribution in [0.25, 0.3) is 0 Å². The largest absolute Gasteiger partial charge is 0.481 e. The first-order valence-electron chi connectivity index (χ1n) is 8.52. The quantitative estimate of drug-likeness (QED) is 0.0789. The van der Waals surface area contributed by atoms with Gasteiger partial charge in [0.2, 0.25) is 11.8 Å². The molecular formula is C15H26N6O8. The number of nitrogens with one attached hydrogen (secondary N) is 2. The molecule has 0 aromatic heterocycles. The highest BCUT2D eigenvalue weighted by Gasteiger charge is 2.28. The van der Waals surface area contributed by atoms with Gasteiger partial charge in [-0.15, -0.1) is 0 Å². The van der Waals surface area contributed by atoms with Crippen molar-refractivity contribution in [1.82, 2.24) is 10.6 Å². The predicted molar refractivity (Wildman–Crippen MR) is 98.5 cm³/mol. The van der Waals surface area contributed by atoms with Gasteiger partial charge in [-0.2, -0.15) is 0 Å². The number of hydrogen-bond donors (Lipinski definition) is 8. The summed E-state index contributed by atoms with van der Waals surface area (Å²) < 4.78 is 0. The van der Waals surface area contributed by atoms with E-state index in [2.05, 4.69) is 15.6 Å². The predicted octanol–water partition coefficient (Wildman–Crippen LogP) is -3.24. The van der Waals surface area contributed by atoms with Crippen molar-refractivity contribution in [3.63, 3.8) is 0 Å². The van der Waals surface area contributed by atoms with Crippen molar-refractivity contribution in [2.75, 3.05) is 6.54 Å². The summed E-state index contributed by atoms with van der Waals surface area (Å²) in [7, 11) is 0. The third kappa shape index (κ3) is 11.8. The van der Waals surface area contributed by atoms with Gasteiger partial charge in [0.15, 0.2) is 5.96 Å². The van der Waals surface area contributed by atoms with E-state index in [0.717, 1.165) is 0 Å². The van der Waals surface area contributed by atoms with Crippen molar-refractivity contribution in [3.8, 4) is 0 Å². The molecule has 0 aromatic carbocycles. The fraction of sp³-hybridized carbons (Fsp3) is 0.600. The van der Waals surface area contributed by atoms with Gasteiger partial charge in [0.25, 0.3) is 0 Å². The van der Waals surface area contributed by atoms with E-state index in [1.807, 2.05) is 0 Å². The molecule has 0 bridgehead atoms. The molecule has 0 fully saturated rings. The second kappa shape index (κ2) is 12.9. The number of hydrogen-bond acceptors (Lipinski definition) is 7. The summed E-state index contributed by atoms with van der Waals surface area (Å²) in [5.74, 6) is -6.05. The fourth-order valence-corrected chi connectivity index (χ4v) is 2.13. The molecule has 0 rings (SSSR count). The van der Waals surface area contributed by atoms with Crippen LogP contribution in [-0.4, -0.2) is 75.7 Å². The van der Waals surface area contributed by atoms with Crippen LogP contribution in [0.15, 0.2) is 4.99 Å². The smallest absolute Gasteiger partial charge is 0.326 e. The first kappa shape index (κ1) is 25.6. The Balaban J connectivity index is 5.07. The first-order chi connectivity index (χ1) is 13.4. The zero-order valence-electron chi connectivity index (χ0n) is 15.5. The molecule has 11 N–H and O–H groups in total. The summed E-state index contributed by atoms with van der Waals surface area (Å²) >= 11 is 0. The molecule has 0 saturated heterocycles. The van der Waals surface area contributed by atoms with Crippen molar-refractivity contribution in [1.29, 1.82) is 0 Å². The maximum atomic E-state index is 12.4. The minimum Gasteiger partial charge on any atom is -0.481 e. The van der Waals surface area contributed by atoms with Gasteiger partial charge in [0.1, 0.15) is 12.1 Å². The van der Waals surface area contributed by atoms with Crippen molar-refractivity contribution < 1.29 is 39.3 Å². The summed E-state index contributed by atoms with van der Waals surface area (Å²) in [4.78, 5) is 60.8. The van der Waals surface area contributed by atoms with Crippen molar-refractivity contribution in [2.24, 2.45) is 22.2 Å². The van der Waals surface area contributed by atoms with Crippen molar-refractivity contribution >= 4 is 35.7 Å². The Hall–Kier alpha value is -3.42. The molecule has 3 atom stereocenters. The van der Waals surface area contributed by atoms with E-state index in [-0.39, 0.29) is 31.8 Å². The van der Waals surface area contributed by atoms with Crippen LogP contribution in [0, 0.1) is 0 Å². The Morgan fingerprint density at radius 2 is 1.45 bits per heavy atom.